The Morgan fingerprint density at radius 2 is 1.95 bits per heavy atom. The lowest BCUT2D eigenvalue weighted by atomic mass is 10.2. The van der Waals surface area contributed by atoms with Crippen LogP contribution in [0.25, 0.3) is 0 Å². The molecule has 1 aromatic carbocycles. The third-order valence-electron chi connectivity index (χ3n) is 3.17. The summed E-state index contributed by atoms with van der Waals surface area (Å²) >= 11 is 0. The number of hydrogen-bond acceptors (Lipinski definition) is 3. The zero-order valence-electron chi connectivity index (χ0n) is 11.6. The van der Waals surface area contributed by atoms with Gasteiger partial charge in [0.15, 0.2) is 0 Å². The molecule has 102 valence electrons. The third-order valence-corrected chi connectivity index (χ3v) is 3.17. The Labute approximate surface area is 114 Å². The molecule has 2 rings (SSSR count). The van der Waals surface area contributed by atoms with Gasteiger partial charge in [0.2, 0.25) is 0 Å². The number of hydrogen-bond donors (Lipinski definition) is 1. The van der Waals surface area contributed by atoms with Gasteiger partial charge in [0.1, 0.15) is 0 Å². The minimum absolute atomic E-state index is 0.173. The molecule has 0 aliphatic carbocycles. The van der Waals surface area contributed by atoms with Crippen molar-refractivity contribution in [1.82, 2.24) is 14.7 Å². The molecule has 0 fully saturated rings. The first-order chi connectivity index (χ1) is 9.19. The molecule has 0 spiro atoms. The van der Waals surface area contributed by atoms with E-state index in [0.29, 0.717) is 6.54 Å². The fraction of sp³-hybridized carbons (Fsp3) is 0.400. The van der Waals surface area contributed by atoms with E-state index in [1.165, 1.54) is 11.1 Å². The number of aliphatic hydroxyl groups excluding tert-OH is 1. The molecule has 1 N–H and O–H groups in total. The average Bonchev–Trinajstić information content (AvgIpc) is 2.69. The molecule has 0 unspecified atom stereocenters. The summed E-state index contributed by atoms with van der Waals surface area (Å²) < 4.78 is 1.84. The maximum atomic E-state index is 9.20. The third kappa shape index (κ3) is 3.91. The Hall–Kier alpha value is -1.65. The maximum Gasteiger partial charge on any atom is 0.0638 e. The van der Waals surface area contributed by atoms with E-state index in [9.17, 15) is 5.11 Å². The molecule has 1 aromatic heterocycles. The van der Waals surface area contributed by atoms with Gasteiger partial charge in [0.05, 0.1) is 12.3 Å². The highest BCUT2D eigenvalue weighted by atomic mass is 16.3. The van der Waals surface area contributed by atoms with E-state index in [1.807, 2.05) is 43.0 Å². The van der Waals surface area contributed by atoms with Crippen molar-refractivity contribution in [3.05, 3.63) is 53.3 Å². The SMILES string of the molecule is Cc1nn(C)cc1CN(CCO)Cc1ccccc1. The van der Waals surface area contributed by atoms with Gasteiger partial charge in [-0.3, -0.25) is 9.58 Å². The Morgan fingerprint density at radius 1 is 1.21 bits per heavy atom. The predicted molar refractivity (Wildman–Crippen MR) is 75.6 cm³/mol. The Bertz CT molecular complexity index is 507. The lowest BCUT2D eigenvalue weighted by Crippen LogP contribution is -2.26. The minimum atomic E-state index is 0.173. The first kappa shape index (κ1) is 13.8. The van der Waals surface area contributed by atoms with E-state index in [2.05, 4.69) is 22.1 Å². The molecular weight excluding hydrogens is 238 g/mol. The highest BCUT2D eigenvalue weighted by molar-refractivity contribution is 5.17. The van der Waals surface area contributed by atoms with Gasteiger partial charge in [-0.15, -0.1) is 0 Å². The highest BCUT2D eigenvalue weighted by Gasteiger charge is 2.10. The van der Waals surface area contributed by atoms with Crippen molar-refractivity contribution >= 4 is 0 Å². The number of nitrogens with zero attached hydrogens (tertiary/aromatic N) is 3. The van der Waals surface area contributed by atoms with Crippen LogP contribution < -0.4 is 0 Å². The quantitative estimate of drug-likeness (QED) is 0.859. The van der Waals surface area contributed by atoms with Crippen LogP contribution in [-0.2, 0) is 20.1 Å². The Balaban J connectivity index is 2.06. The van der Waals surface area contributed by atoms with Crippen LogP contribution in [0.4, 0.5) is 0 Å². The normalized spacial score (nSPS) is 11.2. The molecule has 19 heavy (non-hydrogen) atoms. The molecule has 0 aliphatic rings. The van der Waals surface area contributed by atoms with Crippen LogP contribution in [0, 0.1) is 6.92 Å². The van der Waals surface area contributed by atoms with Gasteiger partial charge in [-0.1, -0.05) is 30.3 Å². The van der Waals surface area contributed by atoms with Crippen molar-refractivity contribution in [2.75, 3.05) is 13.2 Å². The molecule has 0 bridgehead atoms. The average molecular weight is 259 g/mol. The van der Waals surface area contributed by atoms with Crippen molar-refractivity contribution in [3.8, 4) is 0 Å². The molecule has 2 aromatic rings. The van der Waals surface area contributed by atoms with Crippen molar-refractivity contribution in [2.45, 2.75) is 20.0 Å². The van der Waals surface area contributed by atoms with E-state index in [4.69, 9.17) is 0 Å². The highest BCUT2D eigenvalue weighted by Crippen LogP contribution is 2.12. The molecule has 0 aliphatic heterocycles. The molecule has 0 saturated carbocycles. The maximum absolute atomic E-state index is 9.20. The van der Waals surface area contributed by atoms with Crippen LogP contribution in [0.2, 0.25) is 0 Å². The van der Waals surface area contributed by atoms with Crippen LogP contribution in [0.5, 0.6) is 0 Å². The smallest absolute Gasteiger partial charge is 0.0638 e. The first-order valence-corrected chi connectivity index (χ1v) is 6.55. The number of aryl methyl sites for hydroxylation is 2. The van der Waals surface area contributed by atoms with Gasteiger partial charge in [-0.05, 0) is 12.5 Å². The second kappa shape index (κ2) is 6.50. The molecule has 0 saturated heterocycles. The summed E-state index contributed by atoms with van der Waals surface area (Å²) in [6, 6.07) is 10.3. The predicted octanol–water partition coefficient (Wildman–Crippen LogP) is 1.72. The topological polar surface area (TPSA) is 41.3 Å². The standard InChI is InChI=1S/C15H21N3O/c1-13-15(11-17(2)16-13)12-18(8-9-19)10-14-6-4-3-5-7-14/h3-7,11,19H,8-10,12H2,1-2H3. The van der Waals surface area contributed by atoms with Crippen molar-refractivity contribution < 1.29 is 5.11 Å². The summed E-state index contributed by atoms with van der Waals surface area (Å²) in [5.41, 5.74) is 3.53. The van der Waals surface area contributed by atoms with Crippen LogP contribution in [0.1, 0.15) is 16.8 Å². The zero-order valence-corrected chi connectivity index (χ0v) is 11.6. The van der Waals surface area contributed by atoms with Crippen LogP contribution in [0.15, 0.2) is 36.5 Å². The van der Waals surface area contributed by atoms with Crippen molar-refractivity contribution in [1.29, 1.82) is 0 Å². The van der Waals surface area contributed by atoms with Gasteiger partial charge in [0.25, 0.3) is 0 Å². The molecule has 0 radical (unpaired) electrons. The number of rotatable bonds is 6. The van der Waals surface area contributed by atoms with Crippen LogP contribution >= 0.6 is 0 Å². The summed E-state index contributed by atoms with van der Waals surface area (Å²) in [5.74, 6) is 0. The molecule has 4 heteroatoms. The number of aromatic nitrogens is 2. The Morgan fingerprint density at radius 3 is 2.53 bits per heavy atom. The van der Waals surface area contributed by atoms with Crippen LogP contribution in [-0.4, -0.2) is 32.9 Å². The van der Waals surface area contributed by atoms with E-state index in [1.54, 1.807) is 0 Å². The van der Waals surface area contributed by atoms with Crippen molar-refractivity contribution in [2.24, 2.45) is 7.05 Å². The Kier molecular flexibility index (Phi) is 4.71. The van der Waals surface area contributed by atoms with Crippen molar-refractivity contribution in [3.63, 3.8) is 0 Å². The van der Waals surface area contributed by atoms with E-state index >= 15 is 0 Å². The minimum Gasteiger partial charge on any atom is -0.395 e. The first-order valence-electron chi connectivity index (χ1n) is 6.55. The molecule has 4 nitrogen and oxygen atoms in total. The molecular formula is C15H21N3O. The van der Waals surface area contributed by atoms with Gasteiger partial charge in [-0.25, -0.2) is 0 Å². The second-order valence-corrected chi connectivity index (χ2v) is 4.83. The summed E-state index contributed by atoms with van der Waals surface area (Å²) in [4.78, 5) is 2.24. The zero-order chi connectivity index (χ0) is 13.7. The van der Waals surface area contributed by atoms with E-state index < -0.39 is 0 Å². The summed E-state index contributed by atoms with van der Waals surface area (Å²) in [6.07, 6.45) is 2.05. The lowest BCUT2D eigenvalue weighted by Gasteiger charge is -2.21. The number of aliphatic hydroxyl groups is 1. The molecule has 0 atom stereocenters. The number of benzene rings is 1. The lowest BCUT2D eigenvalue weighted by molar-refractivity contribution is 0.184. The fourth-order valence-corrected chi connectivity index (χ4v) is 2.24. The van der Waals surface area contributed by atoms with Gasteiger partial charge in [0, 0.05) is 38.4 Å². The van der Waals surface area contributed by atoms with Gasteiger partial charge >= 0.3 is 0 Å². The fourth-order valence-electron chi connectivity index (χ4n) is 2.24. The van der Waals surface area contributed by atoms with E-state index in [-0.39, 0.29) is 6.61 Å². The van der Waals surface area contributed by atoms with E-state index in [0.717, 1.165) is 18.8 Å². The summed E-state index contributed by atoms with van der Waals surface area (Å²) in [7, 11) is 1.93. The molecule has 1 heterocycles. The van der Waals surface area contributed by atoms with Gasteiger partial charge in [-0.2, -0.15) is 5.10 Å². The summed E-state index contributed by atoms with van der Waals surface area (Å²) in [6.45, 7) is 4.52. The van der Waals surface area contributed by atoms with Gasteiger partial charge < -0.3 is 5.11 Å². The monoisotopic (exact) mass is 259 g/mol. The largest absolute Gasteiger partial charge is 0.395 e. The molecule has 0 amide bonds. The van der Waals surface area contributed by atoms with Crippen LogP contribution in [0.3, 0.4) is 0 Å². The second-order valence-electron chi connectivity index (χ2n) is 4.83. The summed E-state index contributed by atoms with van der Waals surface area (Å²) in [5, 5.41) is 13.6.